The first-order valence-electron chi connectivity index (χ1n) is 3.95. The summed E-state index contributed by atoms with van der Waals surface area (Å²) in [4.78, 5) is 0. The number of methoxy groups -OCH3 is 2. The number of rotatable bonds is 4. The third kappa shape index (κ3) is 2.32. The van der Waals surface area contributed by atoms with E-state index in [1.807, 2.05) is 30.3 Å². The molecule has 12 heavy (non-hydrogen) atoms. The Labute approximate surface area is 73.1 Å². The van der Waals surface area contributed by atoms with Gasteiger partial charge >= 0.3 is 0 Å². The van der Waals surface area contributed by atoms with Crippen molar-refractivity contribution >= 4 is 0 Å². The topological polar surface area (TPSA) is 18.5 Å². The van der Waals surface area contributed by atoms with Crippen LogP contribution in [0.4, 0.5) is 0 Å². The third-order valence-corrected chi connectivity index (χ3v) is 1.77. The lowest BCUT2D eigenvalue weighted by Gasteiger charge is -2.13. The second-order valence-electron chi connectivity index (χ2n) is 2.59. The zero-order valence-corrected chi connectivity index (χ0v) is 7.49. The smallest absolute Gasteiger partial charge is 0.105 e. The Bertz CT molecular complexity index is 208. The van der Waals surface area contributed by atoms with Gasteiger partial charge in [-0.1, -0.05) is 30.3 Å². The molecule has 1 aromatic carbocycles. The summed E-state index contributed by atoms with van der Waals surface area (Å²) in [5.41, 5.74) is 1.15. The minimum absolute atomic E-state index is 0.0520. The molecule has 0 radical (unpaired) electrons. The van der Waals surface area contributed by atoms with Crippen molar-refractivity contribution in [2.45, 2.75) is 6.10 Å². The molecule has 0 aliphatic heterocycles. The van der Waals surface area contributed by atoms with E-state index in [4.69, 9.17) is 9.47 Å². The van der Waals surface area contributed by atoms with Gasteiger partial charge in [0.1, 0.15) is 6.10 Å². The minimum Gasteiger partial charge on any atom is -0.382 e. The molecule has 1 atom stereocenters. The number of hydrogen-bond acceptors (Lipinski definition) is 2. The molecule has 0 spiro atoms. The van der Waals surface area contributed by atoms with Crippen molar-refractivity contribution in [3.63, 3.8) is 0 Å². The highest BCUT2D eigenvalue weighted by Crippen LogP contribution is 2.15. The van der Waals surface area contributed by atoms with Crippen LogP contribution < -0.4 is 0 Å². The second-order valence-corrected chi connectivity index (χ2v) is 2.59. The van der Waals surface area contributed by atoms with Crippen LogP contribution in [0.25, 0.3) is 0 Å². The standard InChI is InChI=1S/C10H14O2/c1-11-8-10(12-2)9-6-4-3-5-7-9/h3-7,10H,8H2,1-2H3/t10-/m0/s1. The zero-order chi connectivity index (χ0) is 8.81. The summed E-state index contributed by atoms with van der Waals surface area (Å²) in [6.07, 6.45) is 0.0520. The van der Waals surface area contributed by atoms with Crippen LogP contribution in [-0.4, -0.2) is 20.8 Å². The Morgan fingerprint density at radius 3 is 2.33 bits per heavy atom. The van der Waals surface area contributed by atoms with Gasteiger partial charge in [0.15, 0.2) is 0 Å². The first-order valence-corrected chi connectivity index (χ1v) is 3.95. The van der Waals surface area contributed by atoms with Crippen LogP contribution in [0.15, 0.2) is 30.3 Å². The molecular formula is C10H14O2. The maximum atomic E-state index is 5.25. The molecule has 0 fully saturated rings. The predicted octanol–water partition coefficient (Wildman–Crippen LogP) is 2.02. The van der Waals surface area contributed by atoms with Gasteiger partial charge in [-0.15, -0.1) is 0 Å². The molecule has 0 amide bonds. The van der Waals surface area contributed by atoms with Crippen molar-refractivity contribution in [1.82, 2.24) is 0 Å². The monoisotopic (exact) mass is 166 g/mol. The Hall–Kier alpha value is -0.860. The molecule has 0 heterocycles. The maximum Gasteiger partial charge on any atom is 0.105 e. The van der Waals surface area contributed by atoms with E-state index in [1.165, 1.54) is 0 Å². The summed E-state index contributed by atoms with van der Waals surface area (Å²) in [6, 6.07) is 10.1. The SMILES string of the molecule is COC[C@H](OC)c1ccccc1. The van der Waals surface area contributed by atoms with E-state index in [1.54, 1.807) is 14.2 Å². The van der Waals surface area contributed by atoms with Gasteiger partial charge in [-0.25, -0.2) is 0 Å². The third-order valence-electron chi connectivity index (χ3n) is 1.77. The molecular weight excluding hydrogens is 152 g/mol. The zero-order valence-electron chi connectivity index (χ0n) is 7.49. The van der Waals surface area contributed by atoms with Crippen molar-refractivity contribution < 1.29 is 9.47 Å². The van der Waals surface area contributed by atoms with Gasteiger partial charge in [-0.05, 0) is 5.56 Å². The molecule has 0 aromatic heterocycles. The summed E-state index contributed by atoms with van der Waals surface area (Å²) < 4.78 is 10.3. The van der Waals surface area contributed by atoms with Crippen LogP contribution in [0.5, 0.6) is 0 Å². The van der Waals surface area contributed by atoms with E-state index < -0.39 is 0 Å². The second kappa shape index (κ2) is 4.91. The molecule has 0 bridgehead atoms. The lowest BCUT2D eigenvalue weighted by atomic mass is 10.1. The average molecular weight is 166 g/mol. The van der Waals surface area contributed by atoms with Gasteiger partial charge < -0.3 is 9.47 Å². The fourth-order valence-corrected chi connectivity index (χ4v) is 1.12. The van der Waals surface area contributed by atoms with Crippen molar-refractivity contribution in [1.29, 1.82) is 0 Å². The highest BCUT2D eigenvalue weighted by atomic mass is 16.5. The molecule has 0 saturated heterocycles. The maximum absolute atomic E-state index is 5.25. The van der Waals surface area contributed by atoms with E-state index in [0.29, 0.717) is 6.61 Å². The van der Waals surface area contributed by atoms with Crippen LogP contribution in [0.2, 0.25) is 0 Å². The van der Waals surface area contributed by atoms with Crippen LogP contribution in [-0.2, 0) is 9.47 Å². The molecule has 1 aromatic rings. The van der Waals surface area contributed by atoms with E-state index in [2.05, 4.69) is 0 Å². The van der Waals surface area contributed by atoms with Gasteiger partial charge in [0.25, 0.3) is 0 Å². The lowest BCUT2D eigenvalue weighted by Crippen LogP contribution is -2.07. The normalized spacial score (nSPS) is 12.8. The quantitative estimate of drug-likeness (QED) is 0.681. The first kappa shape index (κ1) is 9.23. The molecule has 1 rings (SSSR count). The van der Waals surface area contributed by atoms with Gasteiger partial charge in [0.2, 0.25) is 0 Å². The van der Waals surface area contributed by atoms with Gasteiger partial charge in [-0.2, -0.15) is 0 Å². The summed E-state index contributed by atoms with van der Waals surface area (Å²) in [5, 5.41) is 0. The molecule has 0 saturated carbocycles. The number of ether oxygens (including phenoxy) is 2. The van der Waals surface area contributed by atoms with Crippen molar-refractivity contribution in [2.24, 2.45) is 0 Å². The molecule has 0 unspecified atom stereocenters. The molecule has 2 nitrogen and oxygen atoms in total. The van der Waals surface area contributed by atoms with Crippen molar-refractivity contribution in [2.75, 3.05) is 20.8 Å². The Kier molecular flexibility index (Phi) is 3.77. The fourth-order valence-electron chi connectivity index (χ4n) is 1.12. The largest absolute Gasteiger partial charge is 0.382 e. The Morgan fingerprint density at radius 2 is 1.83 bits per heavy atom. The Balaban J connectivity index is 2.66. The van der Waals surface area contributed by atoms with Crippen LogP contribution in [0.1, 0.15) is 11.7 Å². The molecule has 0 N–H and O–H groups in total. The molecule has 2 heteroatoms. The van der Waals surface area contributed by atoms with E-state index >= 15 is 0 Å². The average Bonchev–Trinajstić information content (AvgIpc) is 2.15. The van der Waals surface area contributed by atoms with Crippen LogP contribution in [0.3, 0.4) is 0 Å². The van der Waals surface area contributed by atoms with Crippen LogP contribution in [0, 0.1) is 0 Å². The number of hydrogen-bond donors (Lipinski definition) is 0. The highest BCUT2D eigenvalue weighted by Gasteiger charge is 2.07. The minimum atomic E-state index is 0.0520. The van der Waals surface area contributed by atoms with E-state index in [-0.39, 0.29) is 6.10 Å². The lowest BCUT2D eigenvalue weighted by molar-refractivity contribution is 0.0275. The predicted molar refractivity (Wildman–Crippen MR) is 48.1 cm³/mol. The van der Waals surface area contributed by atoms with Crippen LogP contribution >= 0.6 is 0 Å². The van der Waals surface area contributed by atoms with Gasteiger partial charge in [-0.3, -0.25) is 0 Å². The molecule has 0 aliphatic rings. The summed E-state index contributed by atoms with van der Waals surface area (Å²) in [6.45, 7) is 0.598. The molecule has 66 valence electrons. The summed E-state index contributed by atoms with van der Waals surface area (Å²) in [5.74, 6) is 0. The summed E-state index contributed by atoms with van der Waals surface area (Å²) in [7, 11) is 3.37. The Morgan fingerprint density at radius 1 is 1.17 bits per heavy atom. The molecule has 0 aliphatic carbocycles. The van der Waals surface area contributed by atoms with E-state index in [0.717, 1.165) is 5.56 Å². The first-order chi connectivity index (χ1) is 5.88. The number of benzene rings is 1. The summed E-state index contributed by atoms with van der Waals surface area (Å²) >= 11 is 0. The fraction of sp³-hybridized carbons (Fsp3) is 0.400. The van der Waals surface area contributed by atoms with Crippen molar-refractivity contribution in [3.05, 3.63) is 35.9 Å². The van der Waals surface area contributed by atoms with Gasteiger partial charge in [0.05, 0.1) is 6.61 Å². The van der Waals surface area contributed by atoms with Gasteiger partial charge in [0, 0.05) is 14.2 Å². The van der Waals surface area contributed by atoms with Crippen molar-refractivity contribution in [3.8, 4) is 0 Å². The van der Waals surface area contributed by atoms with E-state index in [9.17, 15) is 0 Å². The highest BCUT2D eigenvalue weighted by molar-refractivity contribution is 5.17.